The Bertz CT molecular complexity index is 586. The molecule has 0 fully saturated rings. The van der Waals surface area contributed by atoms with Crippen LogP contribution in [0.2, 0.25) is 0 Å². The number of hydrogen-bond acceptors (Lipinski definition) is 2. The van der Waals surface area contributed by atoms with Crippen molar-refractivity contribution < 1.29 is 17.9 Å². The Morgan fingerprint density at radius 1 is 1.20 bits per heavy atom. The molecule has 2 rings (SSSR count). The molecule has 1 heterocycles. The maximum absolute atomic E-state index is 12.1. The van der Waals surface area contributed by atoms with Crippen molar-refractivity contribution in [2.75, 3.05) is 6.61 Å². The van der Waals surface area contributed by atoms with Crippen molar-refractivity contribution in [1.82, 2.24) is 4.98 Å². The third kappa shape index (κ3) is 4.00. The van der Waals surface area contributed by atoms with Gasteiger partial charge in [-0.1, -0.05) is 12.1 Å². The highest BCUT2D eigenvalue weighted by Gasteiger charge is 2.26. The van der Waals surface area contributed by atoms with E-state index in [0.717, 1.165) is 10.9 Å². The van der Waals surface area contributed by atoms with Crippen LogP contribution in [0.3, 0.4) is 0 Å². The van der Waals surface area contributed by atoms with Crippen LogP contribution in [0.5, 0.6) is 5.75 Å². The Morgan fingerprint density at radius 3 is 2.65 bits per heavy atom. The van der Waals surface area contributed by atoms with Crippen molar-refractivity contribution in [2.24, 2.45) is 0 Å². The number of ether oxygens (including phenoxy) is 1. The average molecular weight is 304 g/mol. The number of aromatic nitrogens is 1. The molecule has 0 radical (unpaired) electrons. The van der Waals surface area contributed by atoms with E-state index < -0.39 is 12.6 Å². The minimum absolute atomic E-state index is 0.00917. The van der Waals surface area contributed by atoms with Gasteiger partial charge in [-0.2, -0.15) is 13.2 Å². The predicted molar refractivity (Wildman–Crippen MR) is 72.1 cm³/mol. The first-order chi connectivity index (χ1) is 9.49. The van der Waals surface area contributed by atoms with E-state index in [1.165, 1.54) is 0 Å². The van der Waals surface area contributed by atoms with Crippen LogP contribution in [0.15, 0.2) is 30.3 Å². The summed E-state index contributed by atoms with van der Waals surface area (Å²) in [4.78, 5) is 4.33. The van der Waals surface area contributed by atoms with Crippen LogP contribution in [-0.4, -0.2) is 17.8 Å². The summed E-state index contributed by atoms with van der Waals surface area (Å²) >= 11 is 5.75. The van der Waals surface area contributed by atoms with Gasteiger partial charge in [0.15, 0.2) is 0 Å². The summed E-state index contributed by atoms with van der Waals surface area (Å²) in [5.74, 6) is 0.748. The topological polar surface area (TPSA) is 22.1 Å². The minimum Gasteiger partial charge on any atom is -0.493 e. The molecule has 0 bridgehead atoms. The van der Waals surface area contributed by atoms with Crippen molar-refractivity contribution in [3.8, 4) is 5.75 Å². The number of para-hydroxylation sites is 1. The molecule has 2 nitrogen and oxygen atoms in total. The normalized spacial score (nSPS) is 11.8. The van der Waals surface area contributed by atoms with Gasteiger partial charge in [0.05, 0.1) is 23.7 Å². The lowest BCUT2D eigenvalue weighted by Crippen LogP contribution is -2.10. The summed E-state index contributed by atoms with van der Waals surface area (Å²) in [5.41, 5.74) is 1.35. The molecule has 0 aliphatic carbocycles. The molecule has 1 aromatic heterocycles. The van der Waals surface area contributed by atoms with Crippen LogP contribution >= 0.6 is 11.6 Å². The summed E-state index contributed by atoms with van der Waals surface area (Å²) in [6.45, 7) is 0.00917. The van der Waals surface area contributed by atoms with Crippen LogP contribution in [-0.2, 0) is 5.88 Å². The van der Waals surface area contributed by atoms with Gasteiger partial charge in [0, 0.05) is 17.9 Å². The van der Waals surface area contributed by atoms with Crippen LogP contribution in [0.1, 0.15) is 18.5 Å². The van der Waals surface area contributed by atoms with Crippen molar-refractivity contribution >= 4 is 22.5 Å². The fraction of sp³-hybridized carbons (Fsp3) is 0.357. The summed E-state index contributed by atoms with van der Waals surface area (Å²) in [7, 11) is 0. The summed E-state index contributed by atoms with van der Waals surface area (Å²) in [6.07, 6.45) is -5.07. The van der Waals surface area contributed by atoms with Gasteiger partial charge in [0.1, 0.15) is 5.75 Å². The monoisotopic (exact) mass is 303 g/mol. The van der Waals surface area contributed by atoms with Crippen LogP contribution < -0.4 is 4.74 Å². The Morgan fingerprint density at radius 2 is 1.95 bits per heavy atom. The zero-order chi connectivity index (χ0) is 14.6. The molecule has 1 aromatic carbocycles. The Kier molecular flexibility index (Phi) is 4.70. The molecule has 0 amide bonds. The minimum atomic E-state index is -4.15. The van der Waals surface area contributed by atoms with Gasteiger partial charge < -0.3 is 4.74 Å². The van der Waals surface area contributed by atoms with Crippen LogP contribution in [0, 0.1) is 0 Å². The second kappa shape index (κ2) is 6.31. The second-order valence-corrected chi connectivity index (χ2v) is 4.60. The number of alkyl halides is 4. The van der Waals surface area contributed by atoms with Crippen LogP contribution in [0.4, 0.5) is 13.2 Å². The number of hydrogen-bond donors (Lipinski definition) is 0. The number of benzene rings is 1. The maximum atomic E-state index is 12.1. The van der Waals surface area contributed by atoms with Crippen molar-refractivity contribution in [3.63, 3.8) is 0 Å². The van der Waals surface area contributed by atoms with Crippen molar-refractivity contribution in [2.45, 2.75) is 24.9 Å². The van der Waals surface area contributed by atoms with E-state index in [-0.39, 0.29) is 18.9 Å². The number of pyridine rings is 1. The molecule has 108 valence electrons. The number of halogens is 4. The summed E-state index contributed by atoms with van der Waals surface area (Å²) < 4.78 is 41.7. The molecule has 0 aliphatic heterocycles. The van der Waals surface area contributed by atoms with Gasteiger partial charge in [-0.3, -0.25) is 4.98 Å². The van der Waals surface area contributed by atoms with E-state index in [1.54, 1.807) is 6.07 Å². The third-order valence-corrected chi connectivity index (χ3v) is 3.00. The molecular formula is C14H13ClF3NO. The van der Waals surface area contributed by atoms with Gasteiger partial charge >= 0.3 is 6.18 Å². The summed E-state index contributed by atoms with van der Waals surface area (Å²) in [6, 6.07) is 8.96. The molecule has 2 aromatic rings. The molecule has 0 atom stereocenters. The van der Waals surface area contributed by atoms with E-state index in [2.05, 4.69) is 4.98 Å². The fourth-order valence-electron chi connectivity index (χ4n) is 1.84. The van der Waals surface area contributed by atoms with E-state index in [1.807, 2.05) is 24.3 Å². The van der Waals surface area contributed by atoms with Gasteiger partial charge in [0.2, 0.25) is 0 Å². The first-order valence-electron chi connectivity index (χ1n) is 6.14. The number of nitrogens with zero attached hydrogens (tertiary/aromatic N) is 1. The van der Waals surface area contributed by atoms with Gasteiger partial charge in [-0.25, -0.2) is 0 Å². The van der Waals surface area contributed by atoms with Crippen LogP contribution in [0.25, 0.3) is 10.9 Å². The highest BCUT2D eigenvalue weighted by atomic mass is 35.5. The zero-order valence-electron chi connectivity index (χ0n) is 10.6. The Labute approximate surface area is 119 Å². The standard InChI is InChI=1S/C14H13ClF3NO/c15-9-10-8-13(20-7-3-6-14(16,17)18)11-4-1-2-5-12(11)19-10/h1-2,4-5,8H,3,6-7,9H2. The zero-order valence-corrected chi connectivity index (χ0v) is 11.3. The molecular weight excluding hydrogens is 291 g/mol. The highest BCUT2D eigenvalue weighted by molar-refractivity contribution is 6.17. The smallest absolute Gasteiger partial charge is 0.389 e. The van der Waals surface area contributed by atoms with Gasteiger partial charge in [-0.05, 0) is 18.6 Å². The number of fused-ring (bicyclic) bond motifs is 1. The fourth-order valence-corrected chi connectivity index (χ4v) is 1.98. The second-order valence-electron chi connectivity index (χ2n) is 4.33. The molecule has 0 unspecified atom stereocenters. The van der Waals surface area contributed by atoms with E-state index >= 15 is 0 Å². The van der Waals surface area contributed by atoms with E-state index in [0.29, 0.717) is 11.4 Å². The quantitative estimate of drug-likeness (QED) is 0.590. The van der Waals surface area contributed by atoms with E-state index in [9.17, 15) is 13.2 Å². The SMILES string of the molecule is FC(F)(F)CCCOc1cc(CCl)nc2ccccc12. The first-order valence-corrected chi connectivity index (χ1v) is 6.67. The molecule has 6 heteroatoms. The lowest BCUT2D eigenvalue weighted by molar-refractivity contribution is -0.136. The third-order valence-electron chi connectivity index (χ3n) is 2.73. The lowest BCUT2D eigenvalue weighted by atomic mass is 10.2. The Balaban J connectivity index is 2.12. The summed E-state index contributed by atoms with van der Waals surface area (Å²) in [5, 5.41) is 0.772. The van der Waals surface area contributed by atoms with Gasteiger partial charge in [-0.15, -0.1) is 11.6 Å². The lowest BCUT2D eigenvalue weighted by Gasteiger charge is -2.11. The Hall–Kier alpha value is -1.49. The van der Waals surface area contributed by atoms with Crippen molar-refractivity contribution in [3.05, 3.63) is 36.0 Å². The number of rotatable bonds is 5. The first kappa shape index (κ1) is 14.9. The largest absolute Gasteiger partial charge is 0.493 e. The molecule has 0 N–H and O–H groups in total. The predicted octanol–water partition coefficient (Wildman–Crippen LogP) is 4.69. The van der Waals surface area contributed by atoms with E-state index in [4.69, 9.17) is 16.3 Å². The molecule has 0 saturated carbocycles. The molecule has 0 aliphatic rings. The molecule has 0 spiro atoms. The average Bonchev–Trinajstić information content (AvgIpc) is 2.42. The van der Waals surface area contributed by atoms with Crippen molar-refractivity contribution in [1.29, 1.82) is 0 Å². The maximum Gasteiger partial charge on any atom is 0.389 e. The van der Waals surface area contributed by atoms with Gasteiger partial charge in [0.25, 0.3) is 0 Å². The highest BCUT2D eigenvalue weighted by Crippen LogP contribution is 2.27. The molecule has 0 saturated heterocycles. The molecule has 20 heavy (non-hydrogen) atoms.